The lowest BCUT2D eigenvalue weighted by Crippen LogP contribution is -2.39. The first kappa shape index (κ1) is 12.3. The third-order valence-electron chi connectivity index (χ3n) is 2.50. The van der Waals surface area contributed by atoms with Crippen molar-refractivity contribution in [3.63, 3.8) is 0 Å². The highest BCUT2D eigenvalue weighted by atomic mass is 32.2. The zero-order valence-electron chi connectivity index (χ0n) is 9.20. The van der Waals surface area contributed by atoms with Crippen LogP contribution < -0.4 is 11.3 Å². The van der Waals surface area contributed by atoms with Crippen molar-refractivity contribution in [1.82, 2.24) is 15.4 Å². The first-order valence-corrected chi connectivity index (χ1v) is 6.33. The highest BCUT2D eigenvalue weighted by Crippen LogP contribution is 2.25. The van der Waals surface area contributed by atoms with Gasteiger partial charge in [0.1, 0.15) is 11.1 Å². The van der Waals surface area contributed by atoms with Gasteiger partial charge in [-0.05, 0) is 12.8 Å². The highest BCUT2D eigenvalue weighted by Gasteiger charge is 2.30. The van der Waals surface area contributed by atoms with E-state index in [1.165, 1.54) is 0 Å². The predicted octanol–water partition coefficient (Wildman–Crippen LogP) is 0.106. The number of nitrogens with two attached hydrogens (primary N) is 1. The molecule has 2 rings (SSSR count). The van der Waals surface area contributed by atoms with Crippen LogP contribution in [0.25, 0.3) is 0 Å². The molecule has 17 heavy (non-hydrogen) atoms. The van der Waals surface area contributed by atoms with Crippen LogP contribution in [0.3, 0.4) is 0 Å². The van der Waals surface area contributed by atoms with Crippen molar-refractivity contribution in [2.75, 3.05) is 5.75 Å². The second-order valence-corrected chi connectivity index (χ2v) is 4.73. The number of hydrazine groups is 1. The maximum atomic E-state index is 11.2. The molecule has 0 saturated carbocycles. The van der Waals surface area contributed by atoms with Crippen molar-refractivity contribution in [3.8, 4) is 0 Å². The lowest BCUT2D eigenvalue weighted by molar-refractivity contribution is -0.131. The SMILES string of the molecule is NNC(=O)C1CCC(CSc2cnccn2)O1. The molecule has 2 atom stereocenters. The number of nitrogens with zero attached hydrogens (tertiary/aromatic N) is 2. The van der Waals surface area contributed by atoms with E-state index < -0.39 is 6.10 Å². The number of amides is 1. The number of rotatable bonds is 4. The van der Waals surface area contributed by atoms with Crippen LogP contribution in [0.2, 0.25) is 0 Å². The van der Waals surface area contributed by atoms with Gasteiger partial charge < -0.3 is 4.74 Å². The second-order valence-electron chi connectivity index (χ2n) is 3.69. The molecule has 6 nitrogen and oxygen atoms in total. The predicted molar refractivity (Wildman–Crippen MR) is 63.0 cm³/mol. The molecule has 1 saturated heterocycles. The third kappa shape index (κ3) is 3.39. The van der Waals surface area contributed by atoms with Crippen LogP contribution in [-0.4, -0.2) is 33.8 Å². The summed E-state index contributed by atoms with van der Waals surface area (Å²) in [6, 6.07) is 0. The Hall–Kier alpha value is -1.18. The maximum absolute atomic E-state index is 11.2. The van der Waals surface area contributed by atoms with E-state index in [1.54, 1.807) is 30.4 Å². The summed E-state index contributed by atoms with van der Waals surface area (Å²) in [6.07, 6.45) is 6.25. The number of hydrogen-bond acceptors (Lipinski definition) is 6. The standard InChI is InChI=1S/C10H14N4O2S/c11-14-10(15)8-2-1-7(16-8)6-17-9-5-12-3-4-13-9/h3-5,7-8H,1-2,6,11H2,(H,14,15). The van der Waals surface area contributed by atoms with Crippen LogP contribution in [0.15, 0.2) is 23.6 Å². The van der Waals surface area contributed by atoms with E-state index in [-0.39, 0.29) is 12.0 Å². The minimum atomic E-state index is -0.410. The minimum Gasteiger partial charge on any atom is -0.364 e. The van der Waals surface area contributed by atoms with Gasteiger partial charge in [0.15, 0.2) is 0 Å². The molecule has 1 aromatic heterocycles. The number of nitrogens with one attached hydrogen (secondary N) is 1. The topological polar surface area (TPSA) is 90.1 Å². The average molecular weight is 254 g/mol. The molecular weight excluding hydrogens is 240 g/mol. The van der Waals surface area contributed by atoms with Gasteiger partial charge in [-0.15, -0.1) is 11.8 Å². The molecule has 2 heterocycles. The third-order valence-corrected chi connectivity index (χ3v) is 3.54. The number of hydrogen-bond donors (Lipinski definition) is 2. The number of aromatic nitrogens is 2. The fraction of sp³-hybridized carbons (Fsp3) is 0.500. The minimum absolute atomic E-state index is 0.0734. The smallest absolute Gasteiger partial charge is 0.263 e. The summed E-state index contributed by atoms with van der Waals surface area (Å²) < 4.78 is 5.57. The van der Waals surface area contributed by atoms with E-state index in [0.29, 0.717) is 6.42 Å². The van der Waals surface area contributed by atoms with Gasteiger partial charge in [0.2, 0.25) is 0 Å². The first-order valence-electron chi connectivity index (χ1n) is 5.34. The molecule has 7 heteroatoms. The van der Waals surface area contributed by atoms with Crippen LogP contribution in [0.5, 0.6) is 0 Å². The second kappa shape index (κ2) is 5.95. The van der Waals surface area contributed by atoms with Gasteiger partial charge in [0.25, 0.3) is 5.91 Å². The fourth-order valence-electron chi connectivity index (χ4n) is 1.65. The van der Waals surface area contributed by atoms with E-state index >= 15 is 0 Å². The summed E-state index contributed by atoms with van der Waals surface area (Å²) in [5, 5.41) is 0.864. The molecule has 0 radical (unpaired) electrons. The van der Waals surface area contributed by atoms with Gasteiger partial charge >= 0.3 is 0 Å². The summed E-state index contributed by atoms with van der Waals surface area (Å²) in [5.74, 6) is 5.58. The van der Waals surface area contributed by atoms with Crippen LogP contribution in [0.1, 0.15) is 12.8 Å². The Labute approximate surface area is 103 Å². The molecule has 3 N–H and O–H groups in total. The van der Waals surface area contributed by atoms with Gasteiger partial charge in [-0.2, -0.15) is 0 Å². The van der Waals surface area contributed by atoms with Gasteiger partial charge in [-0.3, -0.25) is 15.2 Å². The van der Waals surface area contributed by atoms with Crippen molar-refractivity contribution < 1.29 is 9.53 Å². The summed E-state index contributed by atoms with van der Waals surface area (Å²) >= 11 is 1.58. The summed E-state index contributed by atoms with van der Waals surface area (Å²) in [4.78, 5) is 19.4. The van der Waals surface area contributed by atoms with Crippen LogP contribution in [0.4, 0.5) is 0 Å². The van der Waals surface area contributed by atoms with Crippen molar-refractivity contribution in [2.24, 2.45) is 5.84 Å². The molecule has 2 unspecified atom stereocenters. The molecule has 0 bridgehead atoms. The molecule has 0 aromatic carbocycles. The van der Waals surface area contributed by atoms with E-state index in [1.807, 2.05) is 0 Å². The molecule has 1 fully saturated rings. The largest absolute Gasteiger partial charge is 0.364 e. The summed E-state index contributed by atoms with van der Waals surface area (Å²) in [6.45, 7) is 0. The summed E-state index contributed by atoms with van der Waals surface area (Å²) in [5.41, 5.74) is 2.11. The monoisotopic (exact) mass is 254 g/mol. The van der Waals surface area contributed by atoms with Gasteiger partial charge in [0, 0.05) is 18.1 Å². The Bertz CT molecular complexity index is 376. The van der Waals surface area contributed by atoms with Crippen molar-refractivity contribution in [1.29, 1.82) is 0 Å². The summed E-state index contributed by atoms with van der Waals surface area (Å²) in [7, 11) is 0. The average Bonchev–Trinajstić information content (AvgIpc) is 2.85. The molecule has 1 aliphatic rings. The van der Waals surface area contributed by atoms with Gasteiger partial charge in [0.05, 0.1) is 12.3 Å². The first-order chi connectivity index (χ1) is 8.29. The van der Waals surface area contributed by atoms with Crippen molar-refractivity contribution in [3.05, 3.63) is 18.6 Å². The van der Waals surface area contributed by atoms with Gasteiger partial charge in [-0.25, -0.2) is 10.8 Å². The maximum Gasteiger partial charge on any atom is 0.263 e. The molecule has 1 aliphatic heterocycles. The molecule has 92 valence electrons. The fourth-order valence-corrected chi connectivity index (χ4v) is 2.53. The highest BCUT2D eigenvalue weighted by molar-refractivity contribution is 7.99. The Kier molecular flexibility index (Phi) is 4.29. The Balaban J connectivity index is 1.77. The quantitative estimate of drug-likeness (QED) is 0.343. The lowest BCUT2D eigenvalue weighted by Gasteiger charge is -2.11. The number of ether oxygens (including phenoxy) is 1. The molecule has 0 spiro atoms. The van der Waals surface area contributed by atoms with Crippen molar-refractivity contribution >= 4 is 17.7 Å². The van der Waals surface area contributed by atoms with E-state index in [9.17, 15) is 4.79 Å². The van der Waals surface area contributed by atoms with Crippen LogP contribution in [-0.2, 0) is 9.53 Å². The molecule has 0 aliphatic carbocycles. The van der Waals surface area contributed by atoms with E-state index in [2.05, 4.69) is 15.4 Å². The number of carbonyl (C=O) groups excluding carboxylic acids is 1. The van der Waals surface area contributed by atoms with Crippen molar-refractivity contribution in [2.45, 2.75) is 30.1 Å². The van der Waals surface area contributed by atoms with Crippen LogP contribution >= 0.6 is 11.8 Å². The zero-order valence-corrected chi connectivity index (χ0v) is 10.0. The lowest BCUT2D eigenvalue weighted by atomic mass is 10.2. The molecule has 1 aromatic rings. The van der Waals surface area contributed by atoms with Crippen LogP contribution in [0, 0.1) is 0 Å². The Morgan fingerprint density at radius 2 is 2.47 bits per heavy atom. The van der Waals surface area contributed by atoms with E-state index in [4.69, 9.17) is 10.6 Å². The molecular formula is C10H14N4O2S. The Morgan fingerprint density at radius 3 is 3.18 bits per heavy atom. The van der Waals surface area contributed by atoms with Gasteiger partial charge in [-0.1, -0.05) is 0 Å². The normalized spacial score (nSPS) is 23.6. The molecule has 1 amide bonds. The Morgan fingerprint density at radius 1 is 1.59 bits per heavy atom. The number of carbonyl (C=O) groups is 1. The number of thioether (sulfide) groups is 1. The zero-order chi connectivity index (χ0) is 12.1. The van der Waals surface area contributed by atoms with E-state index in [0.717, 1.165) is 17.2 Å².